The van der Waals surface area contributed by atoms with Crippen molar-refractivity contribution in [2.45, 2.75) is 6.42 Å². The van der Waals surface area contributed by atoms with Crippen LogP contribution in [0.3, 0.4) is 0 Å². The number of piperazine rings is 1. The van der Waals surface area contributed by atoms with Gasteiger partial charge in [0, 0.05) is 67.0 Å². The van der Waals surface area contributed by atoms with Gasteiger partial charge in [-0.05, 0) is 37.4 Å². The van der Waals surface area contributed by atoms with E-state index in [1.54, 1.807) is 18.0 Å². The Kier molecular flexibility index (Phi) is 6.77. The minimum Gasteiger partial charge on any atom is -0.494 e. The highest BCUT2D eigenvalue weighted by molar-refractivity contribution is 6.15. The number of hydrogen-bond donors (Lipinski definition) is 2. The molecule has 2 heterocycles. The molecule has 8 heteroatoms. The second-order valence-corrected chi connectivity index (χ2v) is 9.33. The summed E-state index contributed by atoms with van der Waals surface area (Å²) < 4.78 is 0. The van der Waals surface area contributed by atoms with Gasteiger partial charge in [0.05, 0.1) is 17.0 Å². The molecule has 1 aromatic heterocycles. The molecule has 1 saturated heterocycles. The summed E-state index contributed by atoms with van der Waals surface area (Å²) in [6.07, 6.45) is 4.04. The molecule has 5 rings (SSSR count). The van der Waals surface area contributed by atoms with Gasteiger partial charge >= 0.3 is 6.03 Å². The van der Waals surface area contributed by atoms with Crippen molar-refractivity contribution >= 4 is 41.2 Å². The van der Waals surface area contributed by atoms with Gasteiger partial charge in [0.2, 0.25) is 0 Å². The molecular formula is C29H29N5O3. The summed E-state index contributed by atoms with van der Waals surface area (Å²) in [5, 5.41) is 12.3. The number of aromatic hydroxyl groups is 1. The van der Waals surface area contributed by atoms with Crippen LogP contribution in [0.25, 0.3) is 12.2 Å². The van der Waals surface area contributed by atoms with Crippen LogP contribution in [0.1, 0.15) is 17.5 Å². The van der Waals surface area contributed by atoms with Gasteiger partial charge in [-0.15, -0.1) is 0 Å². The smallest absolute Gasteiger partial charge is 0.324 e. The summed E-state index contributed by atoms with van der Waals surface area (Å²) in [6, 6.07) is 17.1. The number of H-pyrrole nitrogens is 1. The standard InChI is InChI=1S/C29H29N5O3/c1-32-14-16-34(17-15-32)29(37)33(2)23-11-9-22(10-12-23)30-27(21-6-4-3-5-7-21)26-24-13-8-20(19-35)18-25(24)31-28(26)36/h3-7,9-13,18,31,36H,8,14-17H2,1-2H3. The van der Waals surface area contributed by atoms with Gasteiger partial charge in [-0.1, -0.05) is 36.4 Å². The number of aromatic amines is 1. The molecule has 1 aliphatic heterocycles. The van der Waals surface area contributed by atoms with Crippen LogP contribution in [0.2, 0.25) is 0 Å². The Bertz CT molecular complexity index is 1510. The number of carbonyl (C=O) groups is 1. The summed E-state index contributed by atoms with van der Waals surface area (Å²) in [7, 11) is 3.85. The summed E-state index contributed by atoms with van der Waals surface area (Å²) >= 11 is 0. The fourth-order valence-electron chi connectivity index (χ4n) is 4.66. The van der Waals surface area contributed by atoms with Crippen LogP contribution in [0.4, 0.5) is 16.2 Å². The molecule has 0 unspecified atom stereocenters. The summed E-state index contributed by atoms with van der Waals surface area (Å²) in [5.41, 5.74) is 4.01. The first-order valence-electron chi connectivity index (χ1n) is 12.3. The Morgan fingerprint density at radius 3 is 2.43 bits per heavy atom. The minimum atomic E-state index is -0.0197. The number of aliphatic imine (C=N–C) groups is 1. The number of aromatic nitrogens is 1. The molecule has 3 aromatic rings. The fourth-order valence-corrected chi connectivity index (χ4v) is 4.66. The number of nitrogens with zero attached hydrogens (tertiary/aromatic N) is 4. The second kappa shape index (κ2) is 10.3. The molecule has 0 atom stereocenters. The number of urea groups is 1. The lowest BCUT2D eigenvalue weighted by Crippen LogP contribution is -2.51. The number of benzene rings is 2. The molecular weight excluding hydrogens is 466 g/mol. The molecule has 8 nitrogen and oxygen atoms in total. The van der Waals surface area contributed by atoms with Gasteiger partial charge in [0.25, 0.3) is 0 Å². The van der Waals surface area contributed by atoms with Gasteiger partial charge in [-0.2, -0.15) is 0 Å². The first kappa shape index (κ1) is 24.3. The van der Waals surface area contributed by atoms with Crippen molar-refractivity contribution in [1.82, 2.24) is 14.8 Å². The van der Waals surface area contributed by atoms with E-state index in [2.05, 4.69) is 16.9 Å². The van der Waals surface area contributed by atoms with E-state index in [-0.39, 0.29) is 11.9 Å². The Morgan fingerprint density at radius 1 is 1.05 bits per heavy atom. The first-order valence-corrected chi connectivity index (χ1v) is 12.3. The molecule has 2 aliphatic rings. The molecule has 1 aliphatic carbocycles. The summed E-state index contributed by atoms with van der Waals surface area (Å²) in [6.45, 7) is 3.16. The quantitative estimate of drug-likeness (QED) is 0.430. The van der Waals surface area contributed by atoms with Crippen molar-refractivity contribution < 1.29 is 14.7 Å². The van der Waals surface area contributed by atoms with Gasteiger partial charge < -0.3 is 19.9 Å². The maximum absolute atomic E-state index is 13.0. The molecule has 2 amide bonds. The maximum atomic E-state index is 13.0. The van der Waals surface area contributed by atoms with Crippen LogP contribution in [-0.2, 0) is 4.79 Å². The Morgan fingerprint density at radius 2 is 1.76 bits per heavy atom. The average Bonchev–Trinajstić information content (AvgIpc) is 3.26. The zero-order valence-corrected chi connectivity index (χ0v) is 20.9. The lowest BCUT2D eigenvalue weighted by Gasteiger charge is -2.35. The number of carbonyl (C=O) groups excluding carboxylic acids is 2. The van der Waals surface area contributed by atoms with Gasteiger partial charge in [0.15, 0.2) is 5.88 Å². The molecule has 0 spiro atoms. The van der Waals surface area contributed by atoms with E-state index in [4.69, 9.17) is 4.99 Å². The molecule has 0 bridgehead atoms. The van der Waals surface area contributed by atoms with Crippen molar-refractivity contribution in [3.63, 3.8) is 0 Å². The van der Waals surface area contributed by atoms with Gasteiger partial charge in [-0.25, -0.2) is 14.6 Å². The van der Waals surface area contributed by atoms with Crippen molar-refractivity contribution in [2.24, 2.45) is 4.99 Å². The lowest BCUT2D eigenvalue weighted by molar-refractivity contribution is 0.160. The van der Waals surface area contributed by atoms with Gasteiger partial charge in [-0.3, -0.25) is 4.90 Å². The number of nitrogens with one attached hydrogen (secondary N) is 1. The van der Waals surface area contributed by atoms with Crippen LogP contribution in [0.15, 0.2) is 65.2 Å². The van der Waals surface area contributed by atoms with E-state index in [1.807, 2.05) is 71.5 Å². The van der Waals surface area contributed by atoms with Crippen molar-refractivity contribution in [2.75, 3.05) is 45.2 Å². The third-order valence-electron chi connectivity index (χ3n) is 6.85. The molecule has 0 radical (unpaired) electrons. The van der Waals surface area contributed by atoms with Crippen LogP contribution >= 0.6 is 0 Å². The third-order valence-corrected chi connectivity index (χ3v) is 6.85. The molecule has 188 valence electrons. The van der Waals surface area contributed by atoms with Crippen molar-refractivity contribution in [1.29, 1.82) is 0 Å². The fraction of sp³-hybridized carbons (Fsp3) is 0.241. The van der Waals surface area contributed by atoms with E-state index >= 15 is 0 Å². The molecule has 0 saturated carbocycles. The van der Waals surface area contributed by atoms with Gasteiger partial charge in [0.1, 0.15) is 5.94 Å². The van der Waals surface area contributed by atoms with Crippen LogP contribution < -0.4 is 15.5 Å². The van der Waals surface area contributed by atoms with E-state index < -0.39 is 0 Å². The highest BCUT2D eigenvalue weighted by atomic mass is 16.3. The second-order valence-electron chi connectivity index (χ2n) is 9.33. The number of likely N-dealkylation sites (N-methyl/N-ethyl adjacent to an activating group) is 1. The Balaban J connectivity index is 1.49. The predicted octanol–water partition coefficient (Wildman–Crippen LogP) is 2.42. The van der Waals surface area contributed by atoms with Crippen LogP contribution in [0, 0.1) is 0 Å². The zero-order chi connectivity index (χ0) is 25.9. The number of rotatable bonds is 4. The van der Waals surface area contributed by atoms with Crippen molar-refractivity contribution in [3.05, 3.63) is 81.9 Å². The van der Waals surface area contributed by atoms with E-state index in [0.717, 1.165) is 29.6 Å². The Labute approximate surface area is 215 Å². The number of anilines is 1. The lowest BCUT2D eigenvalue weighted by atomic mass is 9.99. The van der Waals surface area contributed by atoms with E-state index in [1.165, 1.54) is 0 Å². The van der Waals surface area contributed by atoms with E-state index in [0.29, 0.717) is 47.4 Å². The number of amides is 2. The highest BCUT2D eigenvalue weighted by Crippen LogP contribution is 2.24. The predicted molar refractivity (Wildman–Crippen MR) is 146 cm³/mol. The largest absolute Gasteiger partial charge is 0.494 e. The molecule has 1 fully saturated rings. The number of fused-ring (bicyclic) bond motifs is 1. The minimum absolute atomic E-state index is 0.0126. The number of hydrogen-bond acceptors (Lipinski definition) is 5. The highest BCUT2D eigenvalue weighted by Gasteiger charge is 2.23. The molecule has 2 aromatic carbocycles. The number of allylic oxidation sites excluding steroid dienone is 1. The monoisotopic (exact) mass is 495 g/mol. The summed E-state index contributed by atoms with van der Waals surface area (Å²) in [4.78, 5) is 37.7. The Hall–Kier alpha value is -4.39. The van der Waals surface area contributed by atoms with E-state index in [9.17, 15) is 14.7 Å². The normalized spacial score (nSPS) is 15.9. The average molecular weight is 496 g/mol. The molecule has 37 heavy (non-hydrogen) atoms. The van der Waals surface area contributed by atoms with Crippen molar-refractivity contribution in [3.8, 4) is 5.88 Å². The SMILES string of the molecule is CN1CCN(C(=O)N(C)c2ccc(N=C(c3ccccc3)c3c(O)[nH]c4c3=CCC(=C=O)C=4)cc2)CC1. The molecule has 2 N–H and O–H groups in total. The topological polar surface area (TPSA) is 92.2 Å². The van der Waals surface area contributed by atoms with Crippen LogP contribution in [0.5, 0.6) is 5.88 Å². The third kappa shape index (κ3) is 4.98. The maximum Gasteiger partial charge on any atom is 0.324 e. The summed E-state index contributed by atoms with van der Waals surface area (Å²) in [5.74, 6) is 1.92. The van der Waals surface area contributed by atoms with Crippen LogP contribution in [-0.4, -0.2) is 77.8 Å². The zero-order valence-electron chi connectivity index (χ0n) is 20.9. The first-order chi connectivity index (χ1) is 17.9.